The number of fused-ring (bicyclic) bond motifs is 1. The van der Waals surface area contributed by atoms with Gasteiger partial charge in [-0.1, -0.05) is 0 Å². The van der Waals surface area contributed by atoms with E-state index in [1.165, 1.54) is 24.7 Å². The van der Waals surface area contributed by atoms with Gasteiger partial charge in [-0.05, 0) is 25.1 Å². The predicted octanol–water partition coefficient (Wildman–Crippen LogP) is 0.764. The van der Waals surface area contributed by atoms with Gasteiger partial charge in [-0.25, -0.2) is 24.3 Å². The lowest BCUT2D eigenvalue weighted by molar-refractivity contribution is -0.381. The highest BCUT2D eigenvalue weighted by molar-refractivity contribution is 6.13. The molecule has 0 fully saturated rings. The van der Waals surface area contributed by atoms with E-state index in [1.807, 2.05) is 6.92 Å². The fourth-order valence-electron chi connectivity index (χ4n) is 2.51. The molecule has 0 saturated heterocycles. The molecule has 1 atom stereocenters. The van der Waals surface area contributed by atoms with Crippen LogP contribution in [0.25, 0.3) is 22.8 Å². The third kappa shape index (κ3) is 4.64. The average Bonchev–Trinajstić information content (AvgIpc) is 3.16. The zero-order chi connectivity index (χ0) is 22.9. The van der Waals surface area contributed by atoms with E-state index < -0.39 is 11.7 Å². The molecule has 0 aliphatic carbocycles. The highest BCUT2D eigenvalue weighted by Gasteiger charge is 2.47. The Morgan fingerprint density at radius 2 is 1.84 bits per heavy atom. The number of hydrogen-bond acceptors (Lipinski definition) is 11. The number of aliphatic hydroxyl groups is 3. The molecule has 4 rings (SSSR count). The number of pyridine rings is 2. The van der Waals surface area contributed by atoms with Crippen LogP contribution in [0.2, 0.25) is 0 Å². The Bertz CT molecular complexity index is 1250. The number of nitrogens with zero attached hydrogens (tertiary/aromatic N) is 5. The van der Waals surface area contributed by atoms with Crippen LogP contribution in [-0.4, -0.2) is 59.8 Å². The number of aromatic nitrogens is 5. The number of ether oxygens (including phenoxy) is 2. The van der Waals surface area contributed by atoms with Crippen LogP contribution in [0.3, 0.4) is 0 Å². The summed E-state index contributed by atoms with van der Waals surface area (Å²) in [5.41, 5.74) is 2.51. The standard InChI is InChI=1S/C19H15BFN5O6/c1-10-4-14(25-9-24-10)17-26-15-5-13(7-23-16(15)31-17)30-8-11-2-3-12(6-22-11)32-19(28,29)18(20,21)27/h2-7,9,27-29H,8H2,1H3. The van der Waals surface area contributed by atoms with Gasteiger partial charge in [0.05, 0.1) is 18.1 Å². The van der Waals surface area contributed by atoms with Crippen LogP contribution in [-0.2, 0) is 6.61 Å². The van der Waals surface area contributed by atoms with E-state index in [2.05, 4.69) is 37.5 Å². The summed E-state index contributed by atoms with van der Waals surface area (Å²) in [6.07, 6.45) is 3.94. The first kappa shape index (κ1) is 21.6. The number of hydrogen-bond donors (Lipinski definition) is 3. The molecular weight excluding hydrogens is 424 g/mol. The molecular formula is C19H15BFN5O6. The molecule has 0 bridgehead atoms. The lowest BCUT2D eigenvalue weighted by Crippen LogP contribution is -2.56. The predicted molar refractivity (Wildman–Crippen MR) is 106 cm³/mol. The van der Waals surface area contributed by atoms with Crippen molar-refractivity contribution in [2.75, 3.05) is 0 Å². The van der Waals surface area contributed by atoms with Crippen molar-refractivity contribution in [2.24, 2.45) is 0 Å². The maximum Gasteiger partial charge on any atom is 0.373 e. The SMILES string of the molecule is [B]C(O)(F)C(O)(O)Oc1ccc(COc2cnc3oc(-c4cc(C)ncn4)nc3c2)nc1. The molecule has 0 spiro atoms. The number of oxazole rings is 1. The lowest BCUT2D eigenvalue weighted by atomic mass is 9.94. The first-order valence-corrected chi connectivity index (χ1v) is 9.08. The van der Waals surface area contributed by atoms with Gasteiger partial charge in [0.1, 0.15) is 35.6 Å². The molecule has 0 aliphatic heterocycles. The van der Waals surface area contributed by atoms with E-state index in [0.29, 0.717) is 34.3 Å². The summed E-state index contributed by atoms with van der Waals surface area (Å²) in [6.45, 7) is 1.85. The van der Waals surface area contributed by atoms with Crippen LogP contribution in [0.15, 0.2) is 47.4 Å². The van der Waals surface area contributed by atoms with Crippen LogP contribution < -0.4 is 9.47 Å². The summed E-state index contributed by atoms with van der Waals surface area (Å²) in [6, 6.07) is 6.06. The molecule has 1 unspecified atom stereocenters. The number of aryl methyl sites for hydroxylation is 1. The van der Waals surface area contributed by atoms with Gasteiger partial charge in [0.15, 0.2) is 7.85 Å². The van der Waals surface area contributed by atoms with E-state index >= 15 is 0 Å². The molecule has 0 aliphatic rings. The summed E-state index contributed by atoms with van der Waals surface area (Å²) in [5, 5.41) is 27.5. The Kier molecular flexibility index (Phi) is 5.46. The van der Waals surface area contributed by atoms with Crippen LogP contribution in [0.4, 0.5) is 4.39 Å². The molecule has 2 radical (unpaired) electrons. The Balaban J connectivity index is 1.43. The molecule has 4 aromatic rings. The van der Waals surface area contributed by atoms with Crippen molar-refractivity contribution in [3.63, 3.8) is 0 Å². The molecule has 0 saturated carbocycles. The van der Waals surface area contributed by atoms with Crippen molar-refractivity contribution in [3.05, 3.63) is 54.4 Å². The minimum Gasteiger partial charge on any atom is -0.486 e. The van der Waals surface area contributed by atoms with Gasteiger partial charge in [0.25, 0.3) is 0 Å². The zero-order valence-corrected chi connectivity index (χ0v) is 16.5. The van der Waals surface area contributed by atoms with Crippen molar-refractivity contribution in [1.82, 2.24) is 24.9 Å². The topological polar surface area (TPSA) is 157 Å². The minimum atomic E-state index is -3.90. The zero-order valence-electron chi connectivity index (χ0n) is 16.5. The average molecular weight is 439 g/mol. The molecule has 13 heteroatoms. The largest absolute Gasteiger partial charge is 0.486 e. The molecule has 4 heterocycles. The van der Waals surface area contributed by atoms with Crippen molar-refractivity contribution in [3.8, 4) is 23.1 Å². The third-order valence-electron chi connectivity index (χ3n) is 4.15. The molecule has 0 aromatic carbocycles. The second-order valence-electron chi connectivity index (χ2n) is 6.72. The second kappa shape index (κ2) is 8.11. The van der Waals surface area contributed by atoms with E-state index in [1.54, 1.807) is 12.1 Å². The summed E-state index contributed by atoms with van der Waals surface area (Å²) in [4.78, 5) is 20.7. The van der Waals surface area contributed by atoms with Crippen molar-refractivity contribution >= 4 is 19.1 Å². The number of halogens is 1. The monoisotopic (exact) mass is 439 g/mol. The van der Waals surface area contributed by atoms with Gasteiger partial charge in [0, 0.05) is 11.8 Å². The van der Waals surface area contributed by atoms with E-state index in [4.69, 9.17) is 14.3 Å². The number of alkyl halides is 1. The molecule has 3 N–H and O–H groups in total. The Hall–Kier alpha value is -3.68. The Morgan fingerprint density at radius 3 is 2.53 bits per heavy atom. The Labute approximate surface area is 181 Å². The highest BCUT2D eigenvalue weighted by Crippen LogP contribution is 2.25. The summed E-state index contributed by atoms with van der Waals surface area (Å²) < 4.78 is 28.9. The van der Waals surface area contributed by atoms with Crippen LogP contribution in [0.5, 0.6) is 11.5 Å². The van der Waals surface area contributed by atoms with E-state index in [0.717, 1.165) is 11.9 Å². The molecule has 11 nitrogen and oxygen atoms in total. The molecule has 0 amide bonds. The van der Waals surface area contributed by atoms with E-state index in [9.17, 15) is 14.6 Å². The second-order valence-corrected chi connectivity index (χ2v) is 6.72. The van der Waals surface area contributed by atoms with Gasteiger partial charge in [-0.3, -0.25) is 4.98 Å². The van der Waals surface area contributed by atoms with Crippen molar-refractivity contribution in [2.45, 2.75) is 25.3 Å². The first-order valence-electron chi connectivity index (χ1n) is 9.08. The normalized spacial score (nSPS) is 13.7. The van der Waals surface area contributed by atoms with Gasteiger partial charge >= 0.3 is 5.97 Å². The van der Waals surface area contributed by atoms with Gasteiger partial charge < -0.3 is 29.2 Å². The maximum atomic E-state index is 13.1. The highest BCUT2D eigenvalue weighted by atomic mass is 19.2. The Morgan fingerprint density at radius 1 is 1.06 bits per heavy atom. The molecule has 162 valence electrons. The van der Waals surface area contributed by atoms with E-state index in [-0.39, 0.29) is 12.4 Å². The maximum absolute atomic E-state index is 13.1. The third-order valence-corrected chi connectivity index (χ3v) is 4.15. The summed E-state index contributed by atoms with van der Waals surface area (Å²) in [7, 11) is 4.58. The fourth-order valence-corrected chi connectivity index (χ4v) is 2.51. The van der Waals surface area contributed by atoms with Crippen molar-refractivity contribution < 1.29 is 33.6 Å². The van der Waals surface area contributed by atoms with Gasteiger partial charge in [-0.2, -0.15) is 0 Å². The van der Waals surface area contributed by atoms with Gasteiger partial charge in [0.2, 0.25) is 17.4 Å². The van der Waals surface area contributed by atoms with Gasteiger partial charge in [-0.15, -0.1) is 0 Å². The van der Waals surface area contributed by atoms with Crippen LogP contribution in [0, 0.1) is 6.92 Å². The lowest BCUT2D eigenvalue weighted by Gasteiger charge is -2.30. The molecule has 32 heavy (non-hydrogen) atoms. The summed E-state index contributed by atoms with van der Waals surface area (Å²) in [5.74, 6) is -7.11. The molecule has 4 aromatic heterocycles. The smallest absolute Gasteiger partial charge is 0.373 e. The minimum absolute atomic E-state index is 0.0244. The fraction of sp³-hybridized carbons (Fsp3) is 0.211. The number of rotatable bonds is 7. The first-order chi connectivity index (χ1) is 15.1. The quantitative estimate of drug-likeness (QED) is 0.276. The van der Waals surface area contributed by atoms with Crippen molar-refractivity contribution in [1.29, 1.82) is 0 Å². The van der Waals surface area contributed by atoms with Crippen LogP contribution >= 0.6 is 0 Å². The van der Waals surface area contributed by atoms with Crippen LogP contribution in [0.1, 0.15) is 11.4 Å². The summed E-state index contributed by atoms with van der Waals surface area (Å²) >= 11 is 0.